The van der Waals surface area contributed by atoms with Gasteiger partial charge < -0.3 is 9.62 Å². The highest BCUT2D eigenvalue weighted by molar-refractivity contribution is 8.02. The van der Waals surface area contributed by atoms with Crippen molar-refractivity contribution in [3.05, 3.63) is 35.9 Å². The van der Waals surface area contributed by atoms with Gasteiger partial charge in [-0.15, -0.1) is 11.3 Å². The lowest BCUT2D eigenvalue weighted by molar-refractivity contribution is 0.279. The molecule has 0 bridgehead atoms. The van der Waals surface area contributed by atoms with Gasteiger partial charge in [0.05, 0.1) is 15.6 Å². The lowest BCUT2D eigenvalue weighted by Gasteiger charge is -2.39. The number of nitrogens with one attached hydrogen (secondary N) is 1. The van der Waals surface area contributed by atoms with Crippen LogP contribution in [0.3, 0.4) is 0 Å². The number of thiophene rings is 1. The van der Waals surface area contributed by atoms with E-state index in [2.05, 4.69) is 18.6 Å². The average molecular weight is 446 g/mol. The van der Waals surface area contributed by atoms with Gasteiger partial charge in [-0.2, -0.15) is 0 Å². The monoisotopic (exact) mass is 445 g/mol. The van der Waals surface area contributed by atoms with Gasteiger partial charge >= 0.3 is 0 Å². The van der Waals surface area contributed by atoms with Crippen molar-refractivity contribution in [2.75, 3.05) is 36.8 Å². The SMILES string of the molecule is CN(C)S(=O)c1ccc(SNc2cc(F)cc(F)c2N2CCC(C)(C)CC2)s1. The van der Waals surface area contributed by atoms with Crippen LogP contribution in [0, 0.1) is 17.0 Å². The van der Waals surface area contributed by atoms with E-state index in [0.29, 0.717) is 11.4 Å². The predicted molar refractivity (Wildman–Crippen MR) is 115 cm³/mol. The summed E-state index contributed by atoms with van der Waals surface area (Å²) in [4.78, 5) is 1.99. The van der Waals surface area contributed by atoms with Gasteiger partial charge in [0.2, 0.25) is 0 Å². The third-order valence-electron chi connectivity index (χ3n) is 4.78. The highest BCUT2D eigenvalue weighted by Gasteiger charge is 2.28. The van der Waals surface area contributed by atoms with E-state index in [1.807, 2.05) is 17.0 Å². The van der Waals surface area contributed by atoms with Crippen molar-refractivity contribution in [3.63, 3.8) is 0 Å². The van der Waals surface area contributed by atoms with Crippen molar-refractivity contribution in [2.45, 2.75) is 35.1 Å². The lowest BCUT2D eigenvalue weighted by atomic mass is 9.82. The maximum absolute atomic E-state index is 14.6. The fourth-order valence-corrected chi connectivity index (χ4v) is 6.28. The second-order valence-electron chi connectivity index (χ2n) is 7.77. The Kier molecular flexibility index (Phi) is 6.69. The first-order valence-corrected chi connectivity index (χ1v) is 11.8. The highest BCUT2D eigenvalue weighted by atomic mass is 32.2. The largest absolute Gasteiger partial charge is 0.367 e. The van der Waals surface area contributed by atoms with Crippen LogP contribution < -0.4 is 9.62 Å². The zero-order chi connectivity index (χ0) is 20.5. The summed E-state index contributed by atoms with van der Waals surface area (Å²) in [5.74, 6) is -1.16. The summed E-state index contributed by atoms with van der Waals surface area (Å²) < 4.78 is 47.0. The van der Waals surface area contributed by atoms with Crippen molar-refractivity contribution in [2.24, 2.45) is 5.41 Å². The molecule has 1 aliphatic rings. The molecular formula is C19H25F2N3OS3. The molecule has 4 nitrogen and oxygen atoms in total. The van der Waals surface area contributed by atoms with Gasteiger partial charge in [0.15, 0.2) is 5.82 Å². The van der Waals surface area contributed by atoms with E-state index in [9.17, 15) is 13.0 Å². The summed E-state index contributed by atoms with van der Waals surface area (Å²) in [6.45, 7) is 5.90. The van der Waals surface area contributed by atoms with E-state index in [4.69, 9.17) is 0 Å². The Labute approximate surface area is 176 Å². The number of nitrogens with zero attached hydrogens (tertiary/aromatic N) is 2. The molecule has 1 aromatic carbocycles. The molecule has 1 aliphatic heterocycles. The van der Waals surface area contributed by atoms with Crippen molar-refractivity contribution in [1.29, 1.82) is 0 Å². The Bertz CT molecular complexity index is 860. The Hall–Kier alpha value is -1.16. The molecule has 1 atom stereocenters. The van der Waals surface area contributed by atoms with Crippen LogP contribution in [0.4, 0.5) is 20.2 Å². The van der Waals surface area contributed by atoms with Gasteiger partial charge in [0.25, 0.3) is 0 Å². The Morgan fingerprint density at radius 2 is 1.89 bits per heavy atom. The topological polar surface area (TPSA) is 35.6 Å². The van der Waals surface area contributed by atoms with Crippen LogP contribution in [0.1, 0.15) is 26.7 Å². The van der Waals surface area contributed by atoms with E-state index in [1.165, 1.54) is 29.4 Å². The Morgan fingerprint density at radius 3 is 2.54 bits per heavy atom. The molecule has 0 spiro atoms. The zero-order valence-electron chi connectivity index (χ0n) is 16.4. The number of rotatable bonds is 6. The van der Waals surface area contributed by atoms with Crippen molar-refractivity contribution in [3.8, 4) is 0 Å². The minimum Gasteiger partial charge on any atom is -0.367 e. The standard InChI is InChI=1S/C19H25F2N3OS3/c1-19(2)7-9-24(10-8-19)18-14(21)11-13(20)12-15(18)22-27-16-5-6-17(26-16)28(25)23(3)4/h5-6,11-12,22H,7-10H2,1-4H3. The Morgan fingerprint density at radius 1 is 1.21 bits per heavy atom. The molecule has 1 saturated heterocycles. The number of halogens is 2. The first-order valence-electron chi connectivity index (χ1n) is 9.02. The molecule has 0 saturated carbocycles. The molecule has 0 radical (unpaired) electrons. The summed E-state index contributed by atoms with van der Waals surface area (Å²) >= 11 is 2.67. The van der Waals surface area contributed by atoms with Crippen LogP contribution >= 0.6 is 23.3 Å². The minimum atomic E-state index is -1.20. The van der Waals surface area contributed by atoms with Gasteiger partial charge in [0, 0.05) is 25.2 Å². The van der Waals surface area contributed by atoms with Gasteiger partial charge in [0.1, 0.15) is 21.0 Å². The van der Waals surface area contributed by atoms with E-state index in [-0.39, 0.29) is 5.41 Å². The molecule has 1 fully saturated rings. The van der Waals surface area contributed by atoms with E-state index < -0.39 is 22.6 Å². The second-order valence-corrected chi connectivity index (χ2v) is 11.9. The number of anilines is 2. The van der Waals surface area contributed by atoms with Crippen LogP contribution in [0.2, 0.25) is 0 Å². The number of hydrogen-bond acceptors (Lipinski definition) is 5. The van der Waals surface area contributed by atoms with Crippen LogP contribution in [0.25, 0.3) is 0 Å². The maximum atomic E-state index is 14.6. The molecule has 9 heteroatoms. The minimum absolute atomic E-state index is 0.241. The normalized spacial score (nSPS) is 17.8. The van der Waals surface area contributed by atoms with Crippen molar-refractivity contribution >= 4 is 45.6 Å². The third-order valence-corrected chi connectivity index (χ3v) is 8.44. The molecule has 0 amide bonds. The molecule has 2 aromatic rings. The first kappa shape index (κ1) is 21.5. The van der Waals surface area contributed by atoms with Crippen LogP contribution in [0.15, 0.2) is 32.7 Å². The first-order chi connectivity index (χ1) is 13.2. The quantitative estimate of drug-likeness (QED) is 0.608. The molecule has 1 N–H and O–H groups in total. The van der Waals surface area contributed by atoms with Gasteiger partial charge in [-0.05, 0) is 56.4 Å². The number of benzene rings is 1. The molecular weight excluding hydrogens is 420 g/mol. The van der Waals surface area contributed by atoms with E-state index in [1.54, 1.807) is 18.4 Å². The summed E-state index contributed by atoms with van der Waals surface area (Å²) in [6, 6.07) is 5.94. The molecule has 28 heavy (non-hydrogen) atoms. The number of piperidine rings is 1. The zero-order valence-corrected chi connectivity index (χ0v) is 18.9. The van der Waals surface area contributed by atoms with Gasteiger partial charge in [-0.3, -0.25) is 0 Å². The summed E-state index contributed by atoms with van der Waals surface area (Å²) in [5.41, 5.74) is 1.08. The molecule has 154 valence electrons. The summed E-state index contributed by atoms with van der Waals surface area (Å²) in [7, 11) is 2.30. The average Bonchev–Trinajstić information content (AvgIpc) is 3.08. The van der Waals surface area contributed by atoms with E-state index >= 15 is 0 Å². The van der Waals surface area contributed by atoms with Gasteiger partial charge in [-0.25, -0.2) is 17.3 Å². The smallest absolute Gasteiger partial charge is 0.151 e. The van der Waals surface area contributed by atoms with Crippen LogP contribution in [-0.4, -0.2) is 35.7 Å². The molecule has 1 aromatic heterocycles. The molecule has 0 aliphatic carbocycles. The van der Waals surface area contributed by atoms with E-state index in [0.717, 1.165) is 40.4 Å². The molecule has 1 unspecified atom stereocenters. The highest BCUT2D eigenvalue weighted by Crippen LogP contribution is 2.39. The van der Waals surface area contributed by atoms with Gasteiger partial charge in [-0.1, -0.05) is 13.8 Å². The third kappa shape index (κ3) is 5.06. The van der Waals surface area contributed by atoms with Crippen LogP contribution in [0.5, 0.6) is 0 Å². The fourth-order valence-electron chi connectivity index (χ4n) is 3.04. The van der Waals surface area contributed by atoms with Crippen LogP contribution in [-0.2, 0) is 11.0 Å². The maximum Gasteiger partial charge on any atom is 0.151 e. The molecule has 2 heterocycles. The number of hydrogen-bond donors (Lipinski definition) is 1. The summed E-state index contributed by atoms with van der Waals surface area (Å²) in [6.07, 6.45) is 1.92. The molecule has 3 rings (SSSR count). The summed E-state index contributed by atoms with van der Waals surface area (Å²) in [5, 5.41) is 0. The predicted octanol–water partition coefficient (Wildman–Crippen LogP) is 5.36. The Balaban J connectivity index is 1.78. The van der Waals surface area contributed by atoms with Crippen molar-refractivity contribution in [1.82, 2.24) is 4.31 Å². The van der Waals surface area contributed by atoms with Crippen molar-refractivity contribution < 1.29 is 13.0 Å². The second kappa shape index (κ2) is 8.69. The lowest BCUT2D eigenvalue weighted by Crippen LogP contribution is -2.38. The fraction of sp³-hybridized carbons (Fsp3) is 0.474.